The normalized spacial score (nSPS) is 10.4. The van der Waals surface area contributed by atoms with Crippen LogP contribution < -0.4 is 14.8 Å². The van der Waals surface area contributed by atoms with Gasteiger partial charge in [0.05, 0.1) is 28.8 Å². The molecule has 2 aromatic carbocycles. The number of ether oxygens (including phenoxy) is 2. The number of halogens is 3. The quantitative estimate of drug-likeness (QED) is 0.720. The van der Waals surface area contributed by atoms with Crippen LogP contribution >= 0.6 is 34.8 Å². The van der Waals surface area contributed by atoms with Crippen LogP contribution in [-0.2, 0) is 6.54 Å². The highest BCUT2D eigenvalue weighted by Gasteiger charge is 2.11. The van der Waals surface area contributed by atoms with Gasteiger partial charge in [0.25, 0.3) is 0 Å². The van der Waals surface area contributed by atoms with Crippen LogP contribution in [-0.4, -0.2) is 13.7 Å². The van der Waals surface area contributed by atoms with Gasteiger partial charge in [0.2, 0.25) is 0 Å². The number of hydrogen-bond acceptors (Lipinski definition) is 3. The molecule has 0 bridgehead atoms. The molecule has 2 rings (SSSR count). The van der Waals surface area contributed by atoms with Crippen LogP contribution in [0.1, 0.15) is 12.5 Å². The van der Waals surface area contributed by atoms with E-state index in [-0.39, 0.29) is 0 Å². The standard InChI is InChI=1S/C16H16Cl3NO2/c1-3-22-15-7-10(6-14(19)16(15)21-2)9-20-11-4-5-12(17)13(18)8-11/h4-8,20H,3,9H2,1-2H3. The molecule has 0 spiro atoms. The first-order valence-corrected chi connectivity index (χ1v) is 7.86. The molecule has 0 atom stereocenters. The molecular weight excluding hydrogens is 345 g/mol. The average Bonchev–Trinajstić information content (AvgIpc) is 2.49. The smallest absolute Gasteiger partial charge is 0.179 e. The fourth-order valence-corrected chi connectivity index (χ4v) is 2.60. The molecule has 3 nitrogen and oxygen atoms in total. The third-order valence-electron chi connectivity index (χ3n) is 2.99. The van der Waals surface area contributed by atoms with E-state index in [4.69, 9.17) is 44.3 Å². The maximum atomic E-state index is 6.23. The Balaban J connectivity index is 2.17. The van der Waals surface area contributed by atoms with Gasteiger partial charge in [-0.2, -0.15) is 0 Å². The number of benzene rings is 2. The Labute approximate surface area is 145 Å². The Bertz CT molecular complexity index is 662. The summed E-state index contributed by atoms with van der Waals surface area (Å²) in [6.07, 6.45) is 0. The van der Waals surface area contributed by atoms with Gasteiger partial charge in [-0.05, 0) is 42.8 Å². The highest BCUT2D eigenvalue weighted by atomic mass is 35.5. The lowest BCUT2D eigenvalue weighted by atomic mass is 10.2. The minimum atomic E-state index is 0.509. The third-order valence-corrected chi connectivity index (χ3v) is 4.01. The van der Waals surface area contributed by atoms with Gasteiger partial charge in [-0.15, -0.1) is 0 Å². The lowest BCUT2D eigenvalue weighted by molar-refractivity contribution is 0.310. The summed E-state index contributed by atoms with van der Waals surface area (Å²) in [7, 11) is 1.57. The van der Waals surface area contributed by atoms with Crippen molar-refractivity contribution in [2.24, 2.45) is 0 Å². The monoisotopic (exact) mass is 359 g/mol. The van der Waals surface area contributed by atoms with Crippen molar-refractivity contribution < 1.29 is 9.47 Å². The molecule has 0 saturated heterocycles. The van der Waals surface area contributed by atoms with Crippen LogP contribution in [0.2, 0.25) is 15.1 Å². The van der Waals surface area contributed by atoms with Gasteiger partial charge in [0.1, 0.15) is 0 Å². The van der Waals surface area contributed by atoms with Crippen molar-refractivity contribution in [2.75, 3.05) is 19.0 Å². The molecule has 0 fully saturated rings. The number of rotatable bonds is 6. The van der Waals surface area contributed by atoms with E-state index < -0.39 is 0 Å². The van der Waals surface area contributed by atoms with E-state index in [0.717, 1.165) is 11.3 Å². The Morgan fingerprint density at radius 3 is 2.41 bits per heavy atom. The van der Waals surface area contributed by atoms with Crippen molar-refractivity contribution in [3.05, 3.63) is 51.0 Å². The van der Waals surface area contributed by atoms with E-state index in [2.05, 4.69) is 5.32 Å². The molecule has 0 heterocycles. The number of anilines is 1. The highest BCUT2D eigenvalue weighted by molar-refractivity contribution is 6.42. The van der Waals surface area contributed by atoms with E-state index in [0.29, 0.717) is 39.7 Å². The summed E-state index contributed by atoms with van der Waals surface area (Å²) in [5.74, 6) is 1.17. The molecular formula is C16H16Cl3NO2. The van der Waals surface area contributed by atoms with E-state index in [9.17, 15) is 0 Å². The van der Waals surface area contributed by atoms with E-state index in [1.165, 1.54) is 0 Å². The molecule has 22 heavy (non-hydrogen) atoms. The first-order valence-electron chi connectivity index (χ1n) is 6.73. The van der Waals surface area contributed by atoms with E-state index in [1.807, 2.05) is 25.1 Å². The lowest BCUT2D eigenvalue weighted by Crippen LogP contribution is -2.02. The molecule has 0 unspecified atom stereocenters. The van der Waals surface area contributed by atoms with Crippen LogP contribution in [0.25, 0.3) is 0 Å². The van der Waals surface area contributed by atoms with Gasteiger partial charge in [-0.1, -0.05) is 34.8 Å². The summed E-state index contributed by atoms with van der Waals surface area (Å²) in [6, 6.07) is 9.13. The average molecular weight is 361 g/mol. The Hall–Kier alpha value is -1.29. The van der Waals surface area contributed by atoms with Gasteiger partial charge in [-0.25, -0.2) is 0 Å². The molecule has 0 aliphatic carbocycles. The first kappa shape index (κ1) is 17.1. The van der Waals surface area contributed by atoms with E-state index >= 15 is 0 Å². The van der Waals surface area contributed by atoms with Crippen LogP contribution in [0.4, 0.5) is 5.69 Å². The van der Waals surface area contributed by atoms with Crippen molar-refractivity contribution in [3.8, 4) is 11.5 Å². The number of methoxy groups -OCH3 is 1. The fourth-order valence-electron chi connectivity index (χ4n) is 1.99. The van der Waals surface area contributed by atoms with E-state index in [1.54, 1.807) is 19.2 Å². The topological polar surface area (TPSA) is 30.5 Å². The number of hydrogen-bond donors (Lipinski definition) is 1. The minimum Gasteiger partial charge on any atom is -0.491 e. The Kier molecular flexibility index (Phi) is 6.07. The second kappa shape index (κ2) is 7.82. The molecule has 0 aliphatic rings. The van der Waals surface area contributed by atoms with Crippen molar-refractivity contribution in [1.82, 2.24) is 0 Å². The van der Waals surface area contributed by atoms with Crippen molar-refractivity contribution in [2.45, 2.75) is 13.5 Å². The highest BCUT2D eigenvalue weighted by Crippen LogP contribution is 2.36. The van der Waals surface area contributed by atoms with Gasteiger partial charge in [0, 0.05) is 12.2 Å². The zero-order valence-electron chi connectivity index (χ0n) is 12.3. The fraction of sp³-hybridized carbons (Fsp3) is 0.250. The van der Waals surface area contributed by atoms with Crippen molar-refractivity contribution >= 4 is 40.5 Å². The van der Waals surface area contributed by atoms with Crippen LogP contribution in [0.15, 0.2) is 30.3 Å². The summed E-state index contributed by atoms with van der Waals surface area (Å²) >= 11 is 18.1. The van der Waals surface area contributed by atoms with Gasteiger partial charge >= 0.3 is 0 Å². The zero-order chi connectivity index (χ0) is 16.1. The molecule has 6 heteroatoms. The molecule has 0 amide bonds. The summed E-state index contributed by atoms with van der Waals surface area (Å²) in [6.45, 7) is 3.02. The summed E-state index contributed by atoms with van der Waals surface area (Å²) < 4.78 is 10.8. The van der Waals surface area contributed by atoms with Crippen LogP contribution in [0, 0.1) is 0 Å². The first-order chi connectivity index (χ1) is 10.5. The summed E-state index contributed by atoms with van der Waals surface area (Å²) in [5.41, 5.74) is 1.85. The molecule has 0 radical (unpaired) electrons. The Morgan fingerprint density at radius 2 is 1.77 bits per heavy atom. The van der Waals surface area contributed by atoms with Crippen molar-refractivity contribution in [3.63, 3.8) is 0 Å². The largest absolute Gasteiger partial charge is 0.491 e. The van der Waals surface area contributed by atoms with Crippen LogP contribution in [0.5, 0.6) is 11.5 Å². The molecule has 0 aliphatic heterocycles. The number of nitrogens with one attached hydrogen (secondary N) is 1. The third kappa shape index (κ3) is 4.13. The molecule has 118 valence electrons. The summed E-state index contributed by atoms with van der Waals surface area (Å²) in [4.78, 5) is 0. The van der Waals surface area contributed by atoms with Gasteiger partial charge in [0.15, 0.2) is 11.5 Å². The second-order valence-electron chi connectivity index (χ2n) is 4.52. The predicted octanol–water partition coefficient (Wildman–Crippen LogP) is 5.67. The second-order valence-corrected chi connectivity index (χ2v) is 5.75. The molecule has 0 saturated carbocycles. The Morgan fingerprint density at radius 1 is 1.00 bits per heavy atom. The van der Waals surface area contributed by atoms with Gasteiger partial charge in [-0.3, -0.25) is 0 Å². The zero-order valence-corrected chi connectivity index (χ0v) is 14.5. The summed E-state index contributed by atoms with van der Waals surface area (Å²) in [5, 5.41) is 4.81. The maximum absolute atomic E-state index is 6.23. The lowest BCUT2D eigenvalue weighted by Gasteiger charge is -2.14. The maximum Gasteiger partial charge on any atom is 0.179 e. The van der Waals surface area contributed by atoms with Gasteiger partial charge < -0.3 is 14.8 Å². The SMILES string of the molecule is CCOc1cc(CNc2ccc(Cl)c(Cl)c2)cc(Cl)c1OC. The van der Waals surface area contributed by atoms with Crippen LogP contribution in [0.3, 0.4) is 0 Å². The van der Waals surface area contributed by atoms with Crippen molar-refractivity contribution in [1.29, 1.82) is 0 Å². The molecule has 2 aromatic rings. The minimum absolute atomic E-state index is 0.509. The predicted molar refractivity (Wildman–Crippen MR) is 93.0 cm³/mol. The molecule has 0 aromatic heterocycles. The molecule has 1 N–H and O–H groups in total.